The Morgan fingerprint density at radius 2 is 1.88 bits per heavy atom. The Morgan fingerprint density at radius 1 is 1.31 bits per heavy atom. The molecule has 0 aliphatic heterocycles. The Hall–Kier alpha value is -1.71. The number of nitro groups is 1. The number of carbonyl (C=O) groups excluding carboxylic acids is 1. The van der Waals surface area contributed by atoms with Crippen LogP contribution >= 0.6 is 0 Å². The van der Waals surface area contributed by atoms with Gasteiger partial charge in [0.2, 0.25) is 6.54 Å². The van der Waals surface area contributed by atoms with Crippen LogP contribution in [0.15, 0.2) is 30.3 Å². The van der Waals surface area contributed by atoms with E-state index < -0.39 is 10.8 Å². The van der Waals surface area contributed by atoms with E-state index in [9.17, 15) is 14.9 Å². The molecule has 1 aromatic carbocycles. The lowest BCUT2D eigenvalue weighted by Gasteiger charge is -2.14. The fourth-order valence-corrected chi connectivity index (χ4v) is 1.60. The van der Waals surface area contributed by atoms with Crippen molar-refractivity contribution in [1.82, 2.24) is 0 Å². The van der Waals surface area contributed by atoms with Crippen molar-refractivity contribution in [2.45, 2.75) is 19.8 Å². The molecule has 0 aromatic heterocycles. The van der Waals surface area contributed by atoms with Crippen LogP contribution in [0.3, 0.4) is 0 Å². The smallest absolute Gasteiger partial charge is 0.217 e. The summed E-state index contributed by atoms with van der Waals surface area (Å²) in [6, 6.07) is 8.92. The standard InChI is InChI=1S/C12H15NO3/c1-9(2)12(14)11(8-13(15)16)10-6-4-3-5-7-10/h3-7,9,11H,8H2,1-2H3. The molecule has 1 unspecified atom stereocenters. The molecular formula is C12H15NO3. The molecule has 86 valence electrons. The highest BCUT2D eigenvalue weighted by molar-refractivity contribution is 5.87. The first kappa shape index (κ1) is 12.4. The number of carbonyl (C=O) groups is 1. The summed E-state index contributed by atoms with van der Waals surface area (Å²) in [6.45, 7) is 3.19. The first-order chi connectivity index (χ1) is 7.52. The van der Waals surface area contributed by atoms with Gasteiger partial charge in [-0.1, -0.05) is 44.2 Å². The number of nitrogens with zero attached hydrogens (tertiary/aromatic N) is 1. The second kappa shape index (κ2) is 5.39. The molecule has 0 fully saturated rings. The van der Waals surface area contributed by atoms with Gasteiger partial charge in [0.25, 0.3) is 0 Å². The van der Waals surface area contributed by atoms with Crippen LogP contribution in [-0.2, 0) is 4.79 Å². The molecule has 0 aliphatic rings. The van der Waals surface area contributed by atoms with E-state index in [-0.39, 0.29) is 18.2 Å². The van der Waals surface area contributed by atoms with E-state index in [0.717, 1.165) is 5.56 Å². The second-order valence-electron chi connectivity index (χ2n) is 4.04. The van der Waals surface area contributed by atoms with Crippen molar-refractivity contribution in [3.05, 3.63) is 46.0 Å². The topological polar surface area (TPSA) is 60.2 Å². The molecule has 1 aromatic rings. The van der Waals surface area contributed by atoms with Crippen LogP contribution in [-0.4, -0.2) is 17.3 Å². The maximum absolute atomic E-state index is 11.9. The van der Waals surface area contributed by atoms with Crippen molar-refractivity contribution in [2.75, 3.05) is 6.54 Å². The van der Waals surface area contributed by atoms with Gasteiger partial charge in [-0.15, -0.1) is 0 Å². The summed E-state index contributed by atoms with van der Waals surface area (Å²) in [6.07, 6.45) is 0. The third kappa shape index (κ3) is 3.15. The summed E-state index contributed by atoms with van der Waals surface area (Å²) in [5.41, 5.74) is 0.720. The maximum Gasteiger partial charge on any atom is 0.217 e. The fourth-order valence-electron chi connectivity index (χ4n) is 1.60. The van der Waals surface area contributed by atoms with E-state index in [4.69, 9.17) is 0 Å². The van der Waals surface area contributed by atoms with Crippen LogP contribution in [0.1, 0.15) is 25.3 Å². The normalized spacial score (nSPS) is 12.4. The van der Waals surface area contributed by atoms with Gasteiger partial charge in [-0.05, 0) is 5.56 Å². The van der Waals surface area contributed by atoms with Crippen molar-refractivity contribution in [1.29, 1.82) is 0 Å². The summed E-state index contributed by atoms with van der Waals surface area (Å²) < 4.78 is 0. The molecule has 16 heavy (non-hydrogen) atoms. The molecule has 0 bridgehead atoms. The average molecular weight is 221 g/mol. The molecule has 0 radical (unpaired) electrons. The quantitative estimate of drug-likeness (QED) is 0.566. The molecule has 0 heterocycles. The van der Waals surface area contributed by atoms with Crippen molar-refractivity contribution < 1.29 is 9.72 Å². The molecule has 0 saturated carbocycles. The Balaban J connectivity index is 2.96. The largest absolute Gasteiger partial charge is 0.298 e. The first-order valence-electron chi connectivity index (χ1n) is 5.23. The molecule has 0 N–H and O–H groups in total. The molecule has 0 spiro atoms. The van der Waals surface area contributed by atoms with E-state index in [1.807, 2.05) is 6.07 Å². The summed E-state index contributed by atoms with van der Waals surface area (Å²) >= 11 is 0. The second-order valence-corrected chi connectivity index (χ2v) is 4.04. The Morgan fingerprint density at radius 3 is 2.31 bits per heavy atom. The maximum atomic E-state index is 11.9. The number of benzene rings is 1. The lowest BCUT2D eigenvalue weighted by Crippen LogP contribution is -2.24. The third-order valence-corrected chi connectivity index (χ3v) is 2.45. The number of hydrogen-bond acceptors (Lipinski definition) is 3. The molecular weight excluding hydrogens is 206 g/mol. The predicted molar refractivity (Wildman–Crippen MR) is 60.9 cm³/mol. The zero-order valence-electron chi connectivity index (χ0n) is 9.42. The molecule has 0 aliphatic carbocycles. The lowest BCUT2D eigenvalue weighted by atomic mass is 9.89. The van der Waals surface area contributed by atoms with Crippen LogP contribution < -0.4 is 0 Å². The monoisotopic (exact) mass is 221 g/mol. The van der Waals surface area contributed by atoms with Crippen LogP contribution in [0.5, 0.6) is 0 Å². The van der Waals surface area contributed by atoms with E-state index in [1.54, 1.807) is 38.1 Å². The van der Waals surface area contributed by atoms with Gasteiger partial charge in [-0.25, -0.2) is 0 Å². The zero-order chi connectivity index (χ0) is 12.1. The highest BCUT2D eigenvalue weighted by Gasteiger charge is 2.27. The molecule has 0 saturated heterocycles. The minimum atomic E-state index is -0.629. The highest BCUT2D eigenvalue weighted by atomic mass is 16.6. The molecule has 4 nitrogen and oxygen atoms in total. The van der Waals surface area contributed by atoms with Crippen molar-refractivity contribution in [3.8, 4) is 0 Å². The highest BCUT2D eigenvalue weighted by Crippen LogP contribution is 2.20. The van der Waals surface area contributed by atoms with Crippen LogP contribution in [0, 0.1) is 16.0 Å². The molecule has 0 amide bonds. The van der Waals surface area contributed by atoms with Crippen molar-refractivity contribution in [2.24, 2.45) is 5.92 Å². The van der Waals surface area contributed by atoms with Gasteiger partial charge >= 0.3 is 0 Å². The Labute approximate surface area is 94.4 Å². The van der Waals surface area contributed by atoms with Crippen molar-refractivity contribution >= 4 is 5.78 Å². The van der Waals surface area contributed by atoms with Gasteiger partial charge in [0.1, 0.15) is 11.7 Å². The van der Waals surface area contributed by atoms with Gasteiger partial charge in [0.15, 0.2) is 0 Å². The molecule has 4 heteroatoms. The van der Waals surface area contributed by atoms with E-state index in [0.29, 0.717) is 0 Å². The fraction of sp³-hybridized carbons (Fsp3) is 0.417. The Bertz CT molecular complexity index is 373. The van der Waals surface area contributed by atoms with E-state index in [1.165, 1.54) is 0 Å². The van der Waals surface area contributed by atoms with Crippen LogP contribution in [0.4, 0.5) is 0 Å². The summed E-state index contributed by atoms with van der Waals surface area (Å²) in [7, 11) is 0. The van der Waals surface area contributed by atoms with Gasteiger partial charge in [0.05, 0.1) is 0 Å². The van der Waals surface area contributed by atoms with E-state index >= 15 is 0 Å². The third-order valence-electron chi connectivity index (χ3n) is 2.45. The van der Waals surface area contributed by atoms with E-state index in [2.05, 4.69) is 0 Å². The minimum absolute atomic E-state index is 0.0806. The van der Waals surface area contributed by atoms with Crippen molar-refractivity contribution in [3.63, 3.8) is 0 Å². The first-order valence-corrected chi connectivity index (χ1v) is 5.23. The number of hydrogen-bond donors (Lipinski definition) is 0. The minimum Gasteiger partial charge on any atom is -0.298 e. The molecule has 1 atom stereocenters. The summed E-state index contributed by atoms with van der Waals surface area (Å²) in [4.78, 5) is 22.0. The van der Waals surface area contributed by atoms with Gasteiger partial charge in [-0.2, -0.15) is 0 Å². The predicted octanol–water partition coefficient (Wildman–Crippen LogP) is 2.27. The number of ketones is 1. The summed E-state index contributed by atoms with van der Waals surface area (Å²) in [5, 5.41) is 10.6. The van der Waals surface area contributed by atoms with Gasteiger partial charge in [0, 0.05) is 10.8 Å². The summed E-state index contributed by atoms with van der Waals surface area (Å²) in [5.74, 6) is -0.899. The number of rotatable bonds is 5. The Kier molecular flexibility index (Phi) is 4.17. The van der Waals surface area contributed by atoms with Gasteiger partial charge in [-0.3, -0.25) is 14.9 Å². The van der Waals surface area contributed by atoms with Crippen LogP contribution in [0.25, 0.3) is 0 Å². The SMILES string of the molecule is CC(C)C(=O)C(C[N+](=O)[O-])c1ccccc1. The van der Waals surface area contributed by atoms with Crippen LogP contribution in [0.2, 0.25) is 0 Å². The van der Waals surface area contributed by atoms with Gasteiger partial charge < -0.3 is 0 Å². The average Bonchev–Trinajstić information content (AvgIpc) is 2.26. The zero-order valence-corrected chi connectivity index (χ0v) is 9.42. The number of Topliss-reactive ketones (excluding diaryl/α,β-unsaturated/α-hetero) is 1. The molecule has 1 rings (SSSR count). The lowest BCUT2D eigenvalue weighted by molar-refractivity contribution is -0.481.